The first kappa shape index (κ1) is 24.9. The Morgan fingerprint density at radius 3 is 1.45 bits per heavy atom. The van der Waals surface area contributed by atoms with Gasteiger partial charge in [0, 0.05) is 59.7 Å². The van der Waals surface area contributed by atoms with Crippen LogP contribution in [0.5, 0.6) is 0 Å². The second-order valence-corrected chi connectivity index (χ2v) is 10.9. The largest absolute Gasteiger partial charge is 0.465 e. The van der Waals surface area contributed by atoms with Crippen LogP contribution in [-0.2, 0) is 23.9 Å². The summed E-state index contributed by atoms with van der Waals surface area (Å²) in [5, 5.41) is 1.10. The molecule has 2 aliphatic carbocycles. The van der Waals surface area contributed by atoms with Crippen LogP contribution in [0.4, 0.5) is 0 Å². The normalized spacial score (nSPS) is 25.0. The van der Waals surface area contributed by atoms with Gasteiger partial charge in [0.25, 0.3) is 0 Å². The number of carbonyl (C=O) groups excluding carboxylic acids is 3. The van der Waals surface area contributed by atoms with Gasteiger partial charge >= 0.3 is 0 Å². The molecule has 0 radical (unpaired) electrons. The molecule has 0 amide bonds. The summed E-state index contributed by atoms with van der Waals surface area (Å²) in [6.07, 6.45) is 6.47. The SMILES string of the molecule is O=C1C=C2O/C(=C(\C(=O)/C(=C3\CC4CCC(=O)C=C4O3)c3ccc(Cl)cc3)c3ccc(Cl)cc3)CC2CC1. The maximum absolute atomic E-state index is 14.6. The second kappa shape index (κ2) is 10.0. The Morgan fingerprint density at radius 1 is 0.658 bits per heavy atom. The van der Waals surface area contributed by atoms with Crippen molar-refractivity contribution in [1.82, 2.24) is 0 Å². The maximum Gasteiger partial charge on any atom is 0.201 e. The van der Waals surface area contributed by atoms with Crippen molar-refractivity contribution in [2.75, 3.05) is 0 Å². The molecule has 7 heteroatoms. The topological polar surface area (TPSA) is 69.7 Å². The van der Waals surface area contributed by atoms with Gasteiger partial charge in [0.15, 0.2) is 11.6 Å². The van der Waals surface area contributed by atoms with Crippen LogP contribution >= 0.6 is 23.2 Å². The number of Topliss-reactive ketones (excluding diaryl/α,β-unsaturated/α-hetero) is 1. The molecular formula is C31H24Cl2O5. The molecule has 2 atom stereocenters. The highest BCUT2D eigenvalue weighted by atomic mass is 35.5. The van der Waals surface area contributed by atoms with E-state index in [1.165, 1.54) is 0 Å². The number of fused-ring (bicyclic) bond motifs is 2. The molecule has 0 saturated carbocycles. The molecule has 2 heterocycles. The van der Waals surface area contributed by atoms with E-state index in [0.717, 1.165) is 0 Å². The van der Waals surface area contributed by atoms with Crippen LogP contribution in [0.3, 0.4) is 0 Å². The van der Waals surface area contributed by atoms with E-state index in [-0.39, 0.29) is 29.2 Å². The van der Waals surface area contributed by atoms with Crippen LogP contribution in [0.25, 0.3) is 11.1 Å². The van der Waals surface area contributed by atoms with E-state index in [0.29, 0.717) is 93.9 Å². The van der Waals surface area contributed by atoms with E-state index in [4.69, 9.17) is 32.7 Å². The highest BCUT2D eigenvalue weighted by Gasteiger charge is 2.38. The molecular weight excluding hydrogens is 523 g/mol. The smallest absolute Gasteiger partial charge is 0.201 e. The van der Waals surface area contributed by atoms with E-state index in [9.17, 15) is 14.4 Å². The number of rotatable bonds is 4. The number of benzene rings is 2. The summed E-state index contributed by atoms with van der Waals surface area (Å²) in [5.74, 6) is 2.22. The molecule has 38 heavy (non-hydrogen) atoms. The van der Waals surface area contributed by atoms with Crippen LogP contribution in [0.1, 0.15) is 49.7 Å². The van der Waals surface area contributed by atoms with Gasteiger partial charge in [0.2, 0.25) is 5.78 Å². The summed E-state index contributed by atoms with van der Waals surface area (Å²) < 4.78 is 12.4. The fourth-order valence-corrected chi connectivity index (χ4v) is 5.81. The molecule has 0 aromatic heterocycles. The summed E-state index contributed by atoms with van der Waals surface area (Å²) in [7, 11) is 0. The number of hydrogen-bond donors (Lipinski definition) is 0. The minimum Gasteiger partial charge on any atom is -0.465 e. The van der Waals surface area contributed by atoms with Crippen LogP contribution in [0.2, 0.25) is 10.0 Å². The number of ketones is 3. The highest BCUT2D eigenvalue weighted by Crippen LogP contribution is 2.46. The quantitative estimate of drug-likeness (QED) is 0.377. The Labute approximate surface area is 230 Å². The lowest BCUT2D eigenvalue weighted by Crippen LogP contribution is -2.11. The zero-order valence-corrected chi connectivity index (χ0v) is 22.0. The molecule has 4 aliphatic rings. The van der Waals surface area contributed by atoms with Gasteiger partial charge in [0.1, 0.15) is 23.0 Å². The first-order chi connectivity index (χ1) is 18.4. The fourth-order valence-electron chi connectivity index (χ4n) is 5.56. The van der Waals surface area contributed by atoms with Gasteiger partial charge in [-0.25, -0.2) is 0 Å². The molecule has 2 aromatic carbocycles. The fraction of sp³-hybridized carbons (Fsp3) is 0.258. The van der Waals surface area contributed by atoms with Crippen molar-refractivity contribution in [2.24, 2.45) is 11.8 Å². The summed E-state index contributed by atoms with van der Waals surface area (Å²) in [6.45, 7) is 0. The molecule has 2 unspecified atom stereocenters. The molecule has 2 aromatic rings. The summed E-state index contributed by atoms with van der Waals surface area (Å²) in [4.78, 5) is 38.7. The van der Waals surface area contributed by atoms with Gasteiger partial charge in [-0.15, -0.1) is 0 Å². The standard InChI is InChI=1S/C31H24Cl2O5/c32-21-7-1-17(2-8-21)29(27-13-19-5-11-23(34)15-25(19)37-27)31(36)30(18-3-9-22(33)10-4-18)28-14-20-6-12-24(35)16-26(20)38-28/h1-4,7-10,15-16,19-20H,5-6,11-14H2/b29-27-,30-28+. The number of hydrogen-bond acceptors (Lipinski definition) is 5. The van der Waals surface area contributed by atoms with E-state index in [2.05, 4.69) is 0 Å². The zero-order valence-electron chi connectivity index (χ0n) is 20.5. The molecule has 5 nitrogen and oxygen atoms in total. The third-order valence-corrected chi connectivity index (χ3v) is 8.02. The average Bonchev–Trinajstić information content (AvgIpc) is 3.50. The van der Waals surface area contributed by atoms with E-state index < -0.39 is 0 Å². The summed E-state index contributed by atoms with van der Waals surface area (Å²) in [5.41, 5.74) is 2.14. The Bertz CT molecular complexity index is 1360. The third-order valence-electron chi connectivity index (χ3n) is 7.51. The van der Waals surface area contributed by atoms with Gasteiger partial charge in [-0.05, 0) is 48.2 Å². The summed E-state index contributed by atoms with van der Waals surface area (Å²) in [6, 6.07) is 14.1. The Morgan fingerprint density at radius 2 is 1.05 bits per heavy atom. The van der Waals surface area contributed by atoms with Crippen molar-refractivity contribution in [2.45, 2.75) is 38.5 Å². The van der Waals surface area contributed by atoms with E-state index in [1.807, 2.05) is 0 Å². The van der Waals surface area contributed by atoms with Crippen molar-refractivity contribution in [3.05, 3.63) is 105 Å². The summed E-state index contributed by atoms with van der Waals surface area (Å²) >= 11 is 12.4. The minimum absolute atomic E-state index is 0.0330. The van der Waals surface area contributed by atoms with E-state index >= 15 is 0 Å². The molecule has 0 spiro atoms. The van der Waals surface area contributed by atoms with Crippen molar-refractivity contribution in [3.8, 4) is 0 Å². The van der Waals surface area contributed by atoms with Crippen LogP contribution < -0.4 is 0 Å². The Hall–Kier alpha value is -3.41. The predicted octanol–water partition coefficient (Wildman–Crippen LogP) is 7.25. The lowest BCUT2D eigenvalue weighted by Gasteiger charge is -2.16. The lowest BCUT2D eigenvalue weighted by atomic mass is 9.86. The first-order valence-corrected chi connectivity index (χ1v) is 13.5. The molecule has 2 aliphatic heterocycles. The molecule has 2 saturated heterocycles. The Kier molecular flexibility index (Phi) is 6.58. The molecule has 192 valence electrons. The number of allylic oxidation sites excluding steroid dienone is 8. The predicted molar refractivity (Wildman–Crippen MR) is 145 cm³/mol. The number of halogens is 2. The molecule has 2 fully saturated rings. The number of ether oxygens (including phenoxy) is 2. The van der Waals surface area contributed by atoms with Crippen molar-refractivity contribution < 1.29 is 23.9 Å². The number of carbonyl (C=O) groups is 3. The maximum atomic E-state index is 14.6. The van der Waals surface area contributed by atoms with Gasteiger partial charge in [0.05, 0.1) is 11.1 Å². The molecule has 6 rings (SSSR count). The molecule has 0 bridgehead atoms. The van der Waals surface area contributed by atoms with Gasteiger partial charge in [-0.3, -0.25) is 14.4 Å². The zero-order chi connectivity index (χ0) is 26.4. The first-order valence-electron chi connectivity index (χ1n) is 12.7. The van der Waals surface area contributed by atoms with Gasteiger partial charge in [-0.1, -0.05) is 47.5 Å². The average molecular weight is 547 g/mol. The third kappa shape index (κ3) is 4.77. The monoisotopic (exact) mass is 546 g/mol. The van der Waals surface area contributed by atoms with Gasteiger partial charge in [-0.2, -0.15) is 0 Å². The van der Waals surface area contributed by atoms with Crippen LogP contribution in [-0.4, -0.2) is 17.3 Å². The lowest BCUT2D eigenvalue weighted by molar-refractivity contribution is -0.116. The van der Waals surface area contributed by atoms with E-state index in [1.54, 1.807) is 60.7 Å². The highest BCUT2D eigenvalue weighted by molar-refractivity contribution is 6.43. The van der Waals surface area contributed by atoms with Crippen molar-refractivity contribution in [3.63, 3.8) is 0 Å². The van der Waals surface area contributed by atoms with Crippen LogP contribution in [0.15, 0.2) is 83.7 Å². The second-order valence-electron chi connectivity index (χ2n) is 10.0. The minimum atomic E-state index is -0.254. The molecule has 0 N–H and O–H groups in total. The Balaban J connectivity index is 1.51. The van der Waals surface area contributed by atoms with Crippen LogP contribution in [0, 0.1) is 11.8 Å². The van der Waals surface area contributed by atoms with Crippen molar-refractivity contribution >= 4 is 51.7 Å². The van der Waals surface area contributed by atoms with Gasteiger partial charge < -0.3 is 9.47 Å². The van der Waals surface area contributed by atoms with Crippen molar-refractivity contribution in [1.29, 1.82) is 0 Å².